The van der Waals surface area contributed by atoms with Gasteiger partial charge in [-0.3, -0.25) is 4.74 Å². The van der Waals surface area contributed by atoms with E-state index in [0.29, 0.717) is 12.1 Å². The van der Waals surface area contributed by atoms with Crippen molar-refractivity contribution in [2.24, 2.45) is 0 Å². The molecule has 0 aromatic rings. The molecule has 0 radical (unpaired) electrons. The van der Waals surface area contributed by atoms with Crippen LogP contribution >= 0.6 is 0 Å². The summed E-state index contributed by atoms with van der Waals surface area (Å²) in [5.41, 5.74) is 0. The first kappa shape index (κ1) is 13.7. The van der Waals surface area contributed by atoms with Crippen LogP contribution in [-0.4, -0.2) is 50.1 Å². The normalized spacial score (nSPS) is 28.3. The number of hydrogen-bond donors (Lipinski definition) is 1. The summed E-state index contributed by atoms with van der Waals surface area (Å²) in [6, 6.07) is 0.790. The molecule has 0 aromatic heterocycles. The fourth-order valence-electron chi connectivity index (χ4n) is 1.90. The van der Waals surface area contributed by atoms with Gasteiger partial charge in [0.15, 0.2) is 0 Å². The Hall–Kier alpha value is -0.330. The molecule has 0 spiro atoms. The molecule has 1 N–H and O–H groups in total. The number of rotatable bonds is 4. The number of hydrogen-bond acceptors (Lipinski definition) is 3. The number of halogens is 3. The van der Waals surface area contributed by atoms with Gasteiger partial charge in [-0.25, -0.2) is 0 Å². The van der Waals surface area contributed by atoms with Crippen LogP contribution in [0.4, 0.5) is 13.2 Å². The van der Waals surface area contributed by atoms with Crippen LogP contribution in [0.15, 0.2) is 0 Å². The zero-order chi connectivity index (χ0) is 12.2. The monoisotopic (exact) mass is 240 g/mol. The van der Waals surface area contributed by atoms with Gasteiger partial charge in [0.05, 0.1) is 6.61 Å². The standard InChI is InChI=1S/C10H19F3N2O/c1-8-7-9(3-5-15(8)2)14-4-6-16-10(11,12)13/h8-9,14H,3-7H2,1-2H3. The molecule has 2 atom stereocenters. The Morgan fingerprint density at radius 1 is 1.44 bits per heavy atom. The fraction of sp³-hybridized carbons (Fsp3) is 1.00. The topological polar surface area (TPSA) is 24.5 Å². The molecule has 1 aliphatic rings. The summed E-state index contributed by atoms with van der Waals surface area (Å²) in [6.45, 7) is 3.05. The first-order valence-corrected chi connectivity index (χ1v) is 5.53. The zero-order valence-electron chi connectivity index (χ0n) is 9.68. The average molecular weight is 240 g/mol. The Labute approximate surface area is 93.9 Å². The van der Waals surface area contributed by atoms with E-state index in [1.165, 1.54) is 0 Å². The molecular weight excluding hydrogens is 221 g/mol. The predicted molar refractivity (Wildman–Crippen MR) is 55.1 cm³/mol. The number of ether oxygens (including phenoxy) is 1. The molecule has 0 bridgehead atoms. The molecule has 6 heteroatoms. The van der Waals surface area contributed by atoms with Crippen molar-refractivity contribution < 1.29 is 17.9 Å². The molecule has 1 aliphatic heterocycles. The third kappa shape index (κ3) is 5.14. The van der Waals surface area contributed by atoms with Gasteiger partial charge in [-0.15, -0.1) is 13.2 Å². The summed E-state index contributed by atoms with van der Waals surface area (Å²) in [6.07, 6.45) is -2.56. The second kappa shape index (κ2) is 5.84. The maximum absolute atomic E-state index is 11.7. The molecule has 0 aromatic carbocycles. The number of nitrogens with one attached hydrogen (secondary N) is 1. The highest BCUT2D eigenvalue weighted by Gasteiger charge is 2.29. The van der Waals surface area contributed by atoms with Crippen molar-refractivity contribution in [1.29, 1.82) is 0 Å². The minimum atomic E-state index is -4.51. The second-order valence-electron chi connectivity index (χ2n) is 4.30. The van der Waals surface area contributed by atoms with E-state index in [9.17, 15) is 13.2 Å². The van der Waals surface area contributed by atoms with Crippen molar-refractivity contribution >= 4 is 0 Å². The maximum Gasteiger partial charge on any atom is 0.522 e. The Kier molecular flexibility index (Phi) is 5.01. The van der Waals surface area contributed by atoms with E-state index in [1.807, 2.05) is 0 Å². The molecule has 0 amide bonds. The number of likely N-dealkylation sites (tertiary alicyclic amines) is 1. The Bertz CT molecular complexity index is 211. The number of piperidine rings is 1. The quantitative estimate of drug-likeness (QED) is 0.755. The summed E-state index contributed by atoms with van der Waals surface area (Å²) in [5.74, 6) is 0. The first-order valence-electron chi connectivity index (χ1n) is 5.53. The molecule has 1 heterocycles. The lowest BCUT2D eigenvalue weighted by Crippen LogP contribution is -2.46. The SMILES string of the molecule is CC1CC(NCCOC(F)(F)F)CCN1C. The molecule has 3 nitrogen and oxygen atoms in total. The van der Waals surface area contributed by atoms with Crippen LogP contribution in [0.25, 0.3) is 0 Å². The van der Waals surface area contributed by atoms with Gasteiger partial charge in [0.1, 0.15) is 0 Å². The largest absolute Gasteiger partial charge is 0.522 e. The first-order chi connectivity index (χ1) is 7.38. The van der Waals surface area contributed by atoms with Gasteiger partial charge in [0.25, 0.3) is 0 Å². The molecule has 96 valence electrons. The van der Waals surface area contributed by atoms with Gasteiger partial charge in [-0.2, -0.15) is 0 Å². The van der Waals surface area contributed by atoms with Gasteiger partial charge >= 0.3 is 6.36 Å². The van der Waals surface area contributed by atoms with Gasteiger partial charge in [0, 0.05) is 18.6 Å². The van der Waals surface area contributed by atoms with Crippen molar-refractivity contribution in [3.8, 4) is 0 Å². The summed E-state index contributed by atoms with van der Waals surface area (Å²) in [5, 5.41) is 3.09. The van der Waals surface area contributed by atoms with Crippen LogP contribution in [0.5, 0.6) is 0 Å². The van der Waals surface area contributed by atoms with E-state index in [0.717, 1.165) is 19.4 Å². The molecule has 1 saturated heterocycles. The minimum Gasteiger partial charge on any atom is -0.312 e. The summed E-state index contributed by atoms with van der Waals surface area (Å²) in [7, 11) is 2.06. The second-order valence-corrected chi connectivity index (χ2v) is 4.30. The lowest BCUT2D eigenvalue weighted by atomic mass is 9.99. The molecule has 0 aliphatic carbocycles. The van der Waals surface area contributed by atoms with Crippen LogP contribution in [0, 0.1) is 0 Å². The highest BCUT2D eigenvalue weighted by molar-refractivity contribution is 4.80. The van der Waals surface area contributed by atoms with Crippen molar-refractivity contribution in [3.63, 3.8) is 0 Å². The van der Waals surface area contributed by atoms with Crippen molar-refractivity contribution in [3.05, 3.63) is 0 Å². The zero-order valence-corrected chi connectivity index (χ0v) is 9.68. The smallest absolute Gasteiger partial charge is 0.312 e. The van der Waals surface area contributed by atoms with E-state index in [-0.39, 0.29) is 13.2 Å². The van der Waals surface area contributed by atoms with Gasteiger partial charge in [-0.1, -0.05) is 0 Å². The summed E-state index contributed by atoms with van der Waals surface area (Å²) >= 11 is 0. The molecule has 0 saturated carbocycles. The summed E-state index contributed by atoms with van der Waals surface area (Å²) in [4.78, 5) is 2.25. The lowest BCUT2D eigenvalue weighted by molar-refractivity contribution is -0.323. The van der Waals surface area contributed by atoms with Crippen LogP contribution < -0.4 is 5.32 Å². The highest BCUT2D eigenvalue weighted by atomic mass is 19.4. The summed E-state index contributed by atoms with van der Waals surface area (Å²) < 4.78 is 38.7. The molecular formula is C10H19F3N2O. The molecule has 2 unspecified atom stereocenters. The van der Waals surface area contributed by atoms with Gasteiger partial charge < -0.3 is 10.2 Å². The van der Waals surface area contributed by atoms with E-state index in [2.05, 4.69) is 28.9 Å². The van der Waals surface area contributed by atoms with Crippen molar-refractivity contribution in [1.82, 2.24) is 10.2 Å². The van der Waals surface area contributed by atoms with Crippen LogP contribution in [0.1, 0.15) is 19.8 Å². The van der Waals surface area contributed by atoms with Crippen molar-refractivity contribution in [2.75, 3.05) is 26.7 Å². The van der Waals surface area contributed by atoms with Crippen molar-refractivity contribution in [2.45, 2.75) is 38.2 Å². The van der Waals surface area contributed by atoms with Crippen LogP contribution in [-0.2, 0) is 4.74 Å². The Morgan fingerprint density at radius 3 is 2.69 bits per heavy atom. The van der Waals surface area contributed by atoms with Gasteiger partial charge in [0.2, 0.25) is 0 Å². The maximum atomic E-state index is 11.7. The Morgan fingerprint density at radius 2 is 2.12 bits per heavy atom. The minimum absolute atomic E-state index is 0.251. The number of alkyl halides is 3. The molecule has 1 fully saturated rings. The highest BCUT2D eigenvalue weighted by Crippen LogP contribution is 2.16. The lowest BCUT2D eigenvalue weighted by Gasteiger charge is -2.35. The van der Waals surface area contributed by atoms with E-state index < -0.39 is 6.36 Å². The van der Waals surface area contributed by atoms with E-state index >= 15 is 0 Å². The van der Waals surface area contributed by atoms with Crippen LogP contribution in [0.2, 0.25) is 0 Å². The molecule has 16 heavy (non-hydrogen) atoms. The Balaban J connectivity index is 2.10. The molecule has 1 rings (SSSR count). The number of nitrogens with zero attached hydrogens (tertiary/aromatic N) is 1. The average Bonchev–Trinajstić information content (AvgIpc) is 2.17. The third-order valence-electron chi connectivity index (χ3n) is 3.01. The fourth-order valence-corrected chi connectivity index (χ4v) is 1.90. The third-order valence-corrected chi connectivity index (χ3v) is 3.01. The van der Waals surface area contributed by atoms with Crippen LogP contribution in [0.3, 0.4) is 0 Å². The van der Waals surface area contributed by atoms with E-state index in [4.69, 9.17) is 0 Å². The van der Waals surface area contributed by atoms with E-state index in [1.54, 1.807) is 0 Å². The van der Waals surface area contributed by atoms with Gasteiger partial charge in [-0.05, 0) is 33.4 Å². The predicted octanol–water partition coefficient (Wildman–Crippen LogP) is 1.60.